The zero-order valence-electron chi connectivity index (χ0n) is 4.44. The van der Waals surface area contributed by atoms with E-state index >= 15 is 0 Å². The molecule has 0 aromatic heterocycles. The number of rotatable bonds is 0. The largest absolute Gasteiger partial charge is 0.387 e. The molecule has 0 aromatic carbocycles. The molecular formula is C5H7N. The number of hydrogen-bond acceptors (Lipinski definition) is 1. The Balaban J connectivity index is 2.58. The highest BCUT2D eigenvalue weighted by atomic mass is 14.8. The van der Waals surface area contributed by atoms with Gasteiger partial charge in [0.25, 0.3) is 0 Å². The van der Waals surface area contributed by atoms with Gasteiger partial charge in [0.15, 0.2) is 0 Å². The second-order valence-corrected chi connectivity index (χ2v) is 1.11. The summed E-state index contributed by atoms with van der Waals surface area (Å²) in [6.07, 6.45) is 5.33. The molecule has 0 radical (unpaired) electrons. The van der Waals surface area contributed by atoms with E-state index in [9.17, 15) is 0 Å². The average Bonchev–Trinajstić information content (AvgIpc) is 1.69. The summed E-state index contributed by atoms with van der Waals surface area (Å²) in [7, 11) is 0. The molecule has 0 atom stereocenters. The molecule has 0 saturated heterocycles. The molecule has 1 nitrogen and oxygen atoms in total. The first-order valence-corrected chi connectivity index (χ1v) is 1.96. The lowest BCUT2D eigenvalue weighted by Crippen LogP contribution is -2.05. The van der Waals surface area contributed by atoms with Crippen LogP contribution >= 0.6 is 0 Å². The fourth-order valence-electron chi connectivity index (χ4n) is 0.361. The third-order valence-electron chi connectivity index (χ3n) is 0.635. The van der Waals surface area contributed by atoms with Crippen molar-refractivity contribution in [2.24, 2.45) is 0 Å². The van der Waals surface area contributed by atoms with Gasteiger partial charge in [-0.2, -0.15) is 0 Å². The van der Waals surface area contributed by atoms with E-state index in [-0.39, 0.29) is 0 Å². The smallest absolute Gasteiger partial charge is 0.0621 e. The van der Waals surface area contributed by atoms with Crippen LogP contribution in [0, 0.1) is 0 Å². The predicted molar refractivity (Wildman–Crippen MR) is 26.3 cm³/mol. The minimum Gasteiger partial charge on any atom is -0.387 e. The van der Waals surface area contributed by atoms with Gasteiger partial charge in [-0.3, -0.25) is 0 Å². The molecule has 0 aromatic rings. The molecule has 1 N–H and O–H groups in total. The molecule has 1 heterocycles. The van der Waals surface area contributed by atoms with Crippen LogP contribution in [0.1, 0.15) is 1.37 Å². The van der Waals surface area contributed by atoms with Crippen molar-refractivity contribution in [1.82, 2.24) is 5.32 Å². The Bertz CT molecular complexity index is 115. The molecule has 0 unspecified atom stereocenters. The first-order chi connectivity index (χ1) is 3.39. The maximum Gasteiger partial charge on any atom is 0.0621 e. The van der Waals surface area contributed by atoms with Crippen LogP contribution in [0.5, 0.6) is 0 Å². The van der Waals surface area contributed by atoms with Gasteiger partial charge < -0.3 is 5.32 Å². The van der Waals surface area contributed by atoms with E-state index < -0.39 is 0 Å². The molecule has 1 aliphatic heterocycles. The van der Waals surface area contributed by atoms with Crippen molar-refractivity contribution in [2.75, 3.05) is 6.54 Å². The molecule has 1 rings (SSSR count). The molecule has 32 valence electrons. The molecule has 0 amide bonds. The van der Waals surface area contributed by atoms with E-state index in [2.05, 4.69) is 5.32 Å². The van der Waals surface area contributed by atoms with E-state index in [1.54, 1.807) is 12.3 Å². The topological polar surface area (TPSA) is 12.0 Å². The van der Waals surface area contributed by atoms with Gasteiger partial charge >= 0.3 is 0 Å². The van der Waals surface area contributed by atoms with Crippen LogP contribution < -0.4 is 5.32 Å². The second kappa shape index (κ2) is 1.65. The number of allylic oxidation sites excluding steroid dienone is 2. The molecule has 0 spiro atoms. The fraction of sp³-hybridized carbons (Fsp3) is 0.200. The predicted octanol–water partition coefficient (Wildman–Crippen LogP) is 0.659. The summed E-state index contributed by atoms with van der Waals surface area (Å²) >= 11 is 0. The van der Waals surface area contributed by atoms with Gasteiger partial charge in [-0.05, 0) is 12.3 Å². The lowest BCUT2D eigenvalue weighted by Gasteiger charge is -1.94. The Morgan fingerprint density at radius 3 is 3.17 bits per heavy atom. The fourth-order valence-corrected chi connectivity index (χ4v) is 0.361. The second-order valence-electron chi connectivity index (χ2n) is 1.11. The molecular weight excluding hydrogens is 74.1 g/mol. The summed E-state index contributed by atoms with van der Waals surface area (Å²) in [5, 5.41) is 2.94. The molecule has 0 saturated carbocycles. The molecule has 1 aliphatic rings. The maximum atomic E-state index is 7.01. The average molecular weight is 82.1 g/mol. The third kappa shape index (κ3) is 0.612. The Labute approximate surface area is 38.8 Å². The van der Waals surface area contributed by atoms with Crippen LogP contribution in [0.25, 0.3) is 0 Å². The third-order valence-corrected chi connectivity index (χ3v) is 0.635. The van der Waals surface area contributed by atoms with E-state index in [4.69, 9.17) is 1.37 Å². The van der Waals surface area contributed by atoms with E-state index in [0.717, 1.165) is 6.54 Å². The van der Waals surface area contributed by atoms with Crippen molar-refractivity contribution < 1.29 is 1.37 Å². The van der Waals surface area contributed by atoms with Crippen molar-refractivity contribution in [3.8, 4) is 0 Å². The number of nitrogens with one attached hydrogen (secondary N) is 1. The van der Waals surface area contributed by atoms with E-state index in [1.807, 2.05) is 6.08 Å². The SMILES string of the molecule is [2H]C1=CCNC=C1. The minimum atomic E-state index is 0.596. The highest BCUT2D eigenvalue weighted by Gasteiger charge is 1.73. The van der Waals surface area contributed by atoms with Crippen LogP contribution in [0.4, 0.5) is 0 Å². The van der Waals surface area contributed by atoms with Crippen LogP contribution in [-0.2, 0) is 0 Å². The Morgan fingerprint density at radius 1 is 1.83 bits per heavy atom. The van der Waals surface area contributed by atoms with Crippen LogP contribution in [0.15, 0.2) is 24.4 Å². The first-order valence-electron chi connectivity index (χ1n) is 2.46. The van der Waals surface area contributed by atoms with Crippen LogP contribution in [0.3, 0.4) is 0 Å². The highest BCUT2D eigenvalue weighted by molar-refractivity contribution is 5.06. The first kappa shape index (κ1) is 2.45. The normalized spacial score (nSPS) is 21.3. The Kier molecular flexibility index (Phi) is 0.675. The zero-order valence-corrected chi connectivity index (χ0v) is 3.44. The zero-order chi connectivity index (χ0) is 5.11. The molecule has 0 fully saturated rings. The van der Waals surface area contributed by atoms with Crippen molar-refractivity contribution in [3.05, 3.63) is 24.4 Å². The number of dihydropyridines is 1. The van der Waals surface area contributed by atoms with Gasteiger partial charge in [0.1, 0.15) is 0 Å². The van der Waals surface area contributed by atoms with Gasteiger partial charge in [-0.15, -0.1) is 0 Å². The molecule has 0 aliphatic carbocycles. The summed E-state index contributed by atoms with van der Waals surface area (Å²) in [6, 6.07) is 0.596. The molecule has 0 bridgehead atoms. The van der Waals surface area contributed by atoms with E-state index in [1.165, 1.54) is 0 Å². The Morgan fingerprint density at radius 2 is 2.83 bits per heavy atom. The maximum absolute atomic E-state index is 7.01. The summed E-state index contributed by atoms with van der Waals surface area (Å²) in [5.74, 6) is 0. The standard InChI is InChI=1S/C5H7N/c1-2-4-6-5-3-1/h1-4,6H,5H2/i1D. The summed E-state index contributed by atoms with van der Waals surface area (Å²) in [6.45, 7) is 0.801. The van der Waals surface area contributed by atoms with Crippen molar-refractivity contribution >= 4 is 0 Å². The van der Waals surface area contributed by atoms with Gasteiger partial charge in [0, 0.05) is 6.54 Å². The Hall–Kier alpha value is -0.720. The monoisotopic (exact) mass is 82.1 g/mol. The van der Waals surface area contributed by atoms with Crippen molar-refractivity contribution in [1.29, 1.82) is 0 Å². The van der Waals surface area contributed by atoms with E-state index in [0.29, 0.717) is 6.05 Å². The summed E-state index contributed by atoms with van der Waals surface area (Å²) in [4.78, 5) is 0. The molecule has 1 heteroatoms. The van der Waals surface area contributed by atoms with Crippen molar-refractivity contribution in [3.63, 3.8) is 0 Å². The minimum absolute atomic E-state index is 0.596. The van der Waals surface area contributed by atoms with Crippen LogP contribution in [0.2, 0.25) is 0 Å². The molecule has 6 heavy (non-hydrogen) atoms. The summed E-state index contributed by atoms with van der Waals surface area (Å²) in [5.41, 5.74) is 0. The van der Waals surface area contributed by atoms with Gasteiger partial charge in [-0.1, -0.05) is 12.1 Å². The van der Waals surface area contributed by atoms with Gasteiger partial charge in [-0.25, -0.2) is 0 Å². The quantitative estimate of drug-likeness (QED) is 0.452. The lowest BCUT2D eigenvalue weighted by molar-refractivity contribution is 0.972. The van der Waals surface area contributed by atoms with Crippen LogP contribution in [-0.4, -0.2) is 6.54 Å². The summed E-state index contributed by atoms with van der Waals surface area (Å²) < 4.78 is 7.01. The lowest BCUT2D eigenvalue weighted by atomic mass is 10.4. The van der Waals surface area contributed by atoms with Crippen molar-refractivity contribution in [2.45, 2.75) is 0 Å². The van der Waals surface area contributed by atoms with Gasteiger partial charge in [0.2, 0.25) is 0 Å². The highest BCUT2D eigenvalue weighted by Crippen LogP contribution is 1.78. The number of hydrogen-bond donors (Lipinski definition) is 1. The van der Waals surface area contributed by atoms with Gasteiger partial charge in [0.05, 0.1) is 1.37 Å².